The van der Waals surface area contributed by atoms with Crippen molar-refractivity contribution in [2.75, 3.05) is 6.54 Å². The molecule has 0 aromatic rings. The monoisotopic (exact) mass is 171 g/mol. The van der Waals surface area contributed by atoms with Crippen LogP contribution in [0.1, 0.15) is 26.2 Å². The van der Waals surface area contributed by atoms with Gasteiger partial charge in [-0.05, 0) is 19.8 Å². The van der Waals surface area contributed by atoms with Crippen LogP contribution in [0.25, 0.3) is 0 Å². The Morgan fingerprint density at radius 3 is 2.33 bits per heavy atom. The van der Waals surface area contributed by atoms with E-state index in [2.05, 4.69) is 5.32 Å². The number of carboxylic acid groups (broad SMARTS) is 1. The zero-order valence-electron chi connectivity index (χ0n) is 7.09. The Labute approximate surface area is 71.0 Å². The van der Waals surface area contributed by atoms with Crippen LogP contribution in [0.5, 0.6) is 0 Å². The number of hydrogen-bond acceptors (Lipinski definition) is 2. The number of nitrogens with one attached hydrogen (secondary N) is 1. The molecule has 0 radical (unpaired) electrons. The highest BCUT2D eigenvalue weighted by atomic mass is 16.4. The summed E-state index contributed by atoms with van der Waals surface area (Å²) in [5.41, 5.74) is -1.10. The predicted octanol–water partition coefficient (Wildman–Crippen LogP) is 0.377. The number of aliphatic carboxylic acids is 1. The van der Waals surface area contributed by atoms with E-state index in [0.29, 0.717) is 19.4 Å². The minimum Gasteiger partial charge on any atom is -0.480 e. The molecule has 0 bridgehead atoms. The number of rotatable bonds is 3. The number of carboxylic acids is 1. The van der Waals surface area contributed by atoms with Crippen LogP contribution in [0.2, 0.25) is 0 Å². The first-order chi connectivity index (χ1) is 5.63. The molecule has 1 saturated carbocycles. The van der Waals surface area contributed by atoms with Gasteiger partial charge in [0.05, 0.1) is 0 Å². The second-order valence-electron chi connectivity index (χ2n) is 3.10. The molecule has 0 aromatic carbocycles. The molecule has 0 saturated heterocycles. The molecule has 0 heterocycles. The molecule has 0 atom stereocenters. The number of amides is 1. The number of carbonyl (C=O) groups excluding carboxylic acids is 1. The minimum absolute atomic E-state index is 0.330. The van der Waals surface area contributed by atoms with Gasteiger partial charge in [0.2, 0.25) is 5.91 Å². The minimum atomic E-state index is -1.10. The smallest absolute Gasteiger partial charge is 0.319 e. The molecular formula is C8H13NO3. The van der Waals surface area contributed by atoms with Crippen molar-refractivity contribution in [2.45, 2.75) is 26.2 Å². The maximum atomic E-state index is 11.3. The lowest BCUT2D eigenvalue weighted by Crippen LogP contribution is -2.50. The zero-order valence-corrected chi connectivity index (χ0v) is 7.09. The van der Waals surface area contributed by atoms with Crippen LogP contribution >= 0.6 is 0 Å². The van der Waals surface area contributed by atoms with Crippen molar-refractivity contribution in [2.24, 2.45) is 5.41 Å². The lowest BCUT2D eigenvalue weighted by atomic mass is 9.68. The second kappa shape index (κ2) is 3.13. The summed E-state index contributed by atoms with van der Waals surface area (Å²) < 4.78 is 0. The summed E-state index contributed by atoms with van der Waals surface area (Å²) in [6.07, 6.45) is 1.80. The molecule has 12 heavy (non-hydrogen) atoms. The Bertz CT molecular complexity index is 208. The molecular weight excluding hydrogens is 158 g/mol. The van der Waals surface area contributed by atoms with E-state index in [0.717, 1.165) is 6.42 Å². The van der Waals surface area contributed by atoms with Crippen LogP contribution in [0.15, 0.2) is 0 Å². The Morgan fingerprint density at radius 2 is 2.08 bits per heavy atom. The van der Waals surface area contributed by atoms with E-state index in [4.69, 9.17) is 5.11 Å². The summed E-state index contributed by atoms with van der Waals surface area (Å²) in [7, 11) is 0. The molecule has 1 fully saturated rings. The lowest BCUT2D eigenvalue weighted by molar-refractivity contribution is -0.162. The Kier molecular flexibility index (Phi) is 2.35. The van der Waals surface area contributed by atoms with Crippen LogP contribution in [0, 0.1) is 5.41 Å². The second-order valence-corrected chi connectivity index (χ2v) is 3.10. The van der Waals surface area contributed by atoms with Gasteiger partial charge in [0.15, 0.2) is 0 Å². The summed E-state index contributed by atoms with van der Waals surface area (Å²) in [6.45, 7) is 2.28. The fourth-order valence-corrected chi connectivity index (χ4v) is 1.40. The first-order valence-electron chi connectivity index (χ1n) is 4.15. The number of carbonyl (C=O) groups is 2. The SMILES string of the molecule is CCNC(=O)C1(C(=O)O)CCC1. The van der Waals surface area contributed by atoms with Gasteiger partial charge in [-0.1, -0.05) is 6.42 Å². The normalized spacial score (nSPS) is 19.4. The lowest BCUT2D eigenvalue weighted by Gasteiger charge is -2.35. The van der Waals surface area contributed by atoms with E-state index in [1.807, 2.05) is 0 Å². The van der Waals surface area contributed by atoms with E-state index in [1.165, 1.54) is 0 Å². The van der Waals surface area contributed by atoms with Crippen LogP contribution in [0.3, 0.4) is 0 Å². The van der Waals surface area contributed by atoms with Crippen molar-refractivity contribution >= 4 is 11.9 Å². The highest BCUT2D eigenvalue weighted by Crippen LogP contribution is 2.41. The summed E-state index contributed by atoms with van der Waals surface area (Å²) >= 11 is 0. The van der Waals surface area contributed by atoms with Gasteiger partial charge in [-0.15, -0.1) is 0 Å². The van der Waals surface area contributed by atoms with Gasteiger partial charge in [0.1, 0.15) is 5.41 Å². The summed E-state index contributed by atoms with van der Waals surface area (Å²) in [4.78, 5) is 22.1. The van der Waals surface area contributed by atoms with E-state index >= 15 is 0 Å². The quantitative estimate of drug-likeness (QED) is 0.603. The van der Waals surface area contributed by atoms with Gasteiger partial charge >= 0.3 is 5.97 Å². The highest BCUT2D eigenvalue weighted by molar-refractivity contribution is 6.02. The van der Waals surface area contributed by atoms with Gasteiger partial charge in [-0.2, -0.15) is 0 Å². The predicted molar refractivity (Wildman–Crippen MR) is 42.6 cm³/mol. The highest BCUT2D eigenvalue weighted by Gasteiger charge is 2.50. The van der Waals surface area contributed by atoms with Crippen molar-refractivity contribution in [3.05, 3.63) is 0 Å². The molecule has 0 unspecified atom stereocenters. The number of hydrogen-bond donors (Lipinski definition) is 2. The molecule has 1 amide bonds. The molecule has 4 nitrogen and oxygen atoms in total. The van der Waals surface area contributed by atoms with Gasteiger partial charge in [0, 0.05) is 6.54 Å². The Hall–Kier alpha value is -1.06. The third-order valence-corrected chi connectivity index (χ3v) is 2.39. The van der Waals surface area contributed by atoms with Crippen molar-refractivity contribution in [3.8, 4) is 0 Å². The Morgan fingerprint density at radius 1 is 1.50 bits per heavy atom. The van der Waals surface area contributed by atoms with Gasteiger partial charge in [-0.25, -0.2) is 0 Å². The largest absolute Gasteiger partial charge is 0.480 e. The summed E-state index contributed by atoms with van der Waals surface area (Å²) in [5, 5.41) is 11.4. The average molecular weight is 171 g/mol. The summed E-state index contributed by atoms with van der Waals surface area (Å²) in [5.74, 6) is -1.32. The van der Waals surface area contributed by atoms with E-state index < -0.39 is 11.4 Å². The third kappa shape index (κ3) is 1.17. The molecule has 0 spiro atoms. The topological polar surface area (TPSA) is 66.4 Å². The fourth-order valence-electron chi connectivity index (χ4n) is 1.40. The van der Waals surface area contributed by atoms with E-state index in [9.17, 15) is 9.59 Å². The maximum Gasteiger partial charge on any atom is 0.319 e. The maximum absolute atomic E-state index is 11.3. The van der Waals surface area contributed by atoms with E-state index in [-0.39, 0.29) is 5.91 Å². The van der Waals surface area contributed by atoms with Crippen molar-refractivity contribution < 1.29 is 14.7 Å². The molecule has 68 valence electrons. The van der Waals surface area contributed by atoms with Crippen molar-refractivity contribution in [3.63, 3.8) is 0 Å². The molecule has 0 aliphatic heterocycles. The van der Waals surface area contributed by atoms with Crippen LogP contribution in [0.4, 0.5) is 0 Å². The summed E-state index contributed by atoms with van der Waals surface area (Å²) in [6, 6.07) is 0. The third-order valence-electron chi connectivity index (χ3n) is 2.39. The zero-order chi connectivity index (χ0) is 9.19. The van der Waals surface area contributed by atoms with Crippen LogP contribution in [-0.4, -0.2) is 23.5 Å². The molecule has 0 aromatic heterocycles. The van der Waals surface area contributed by atoms with Crippen molar-refractivity contribution in [1.82, 2.24) is 5.32 Å². The van der Waals surface area contributed by atoms with Gasteiger partial charge in [-0.3, -0.25) is 9.59 Å². The molecule has 4 heteroatoms. The van der Waals surface area contributed by atoms with Gasteiger partial charge in [0.25, 0.3) is 0 Å². The van der Waals surface area contributed by atoms with Crippen LogP contribution in [-0.2, 0) is 9.59 Å². The average Bonchev–Trinajstić information content (AvgIpc) is 1.83. The Balaban J connectivity index is 2.67. The first-order valence-corrected chi connectivity index (χ1v) is 4.15. The molecule has 1 rings (SSSR count). The van der Waals surface area contributed by atoms with E-state index in [1.54, 1.807) is 6.92 Å². The van der Waals surface area contributed by atoms with Gasteiger partial charge < -0.3 is 10.4 Å². The molecule has 1 aliphatic rings. The molecule has 1 aliphatic carbocycles. The van der Waals surface area contributed by atoms with Crippen molar-refractivity contribution in [1.29, 1.82) is 0 Å². The standard InChI is InChI=1S/C8H13NO3/c1-2-9-6(10)8(7(11)12)4-3-5-8/h2-5H2,1H3,(H,9,10)(H,11,12). The molecule has 2 N–H and O–H groups in total. The first kappa shape index (κ1) is 9.03. The van der Waals surface area contributed by atoms with Crippen LogP contribution < -0.4 is 5.32 Å². The fraction of sp³-hybridized carbons (Fsp3) is 0.750.